The van der Waals surface area contributed by atoms with Crippen LogP contribution in [-0.4, -0.2) is 66.4 Å². The number of aromatic nitrogens is 3. The van der Waals surface area contributed by atoms with E-state index in [4.69, 9.17) is 4.74 Å². The highest BCUT2D eigenvalue weighted by Gasteiger charge is 2.44. The Balaban J connectivity index is 1.76. The average molecular weight is 321 g/mol. The maximum Gasteiger partial charge on any atom is 0.180 e. The first kappa shape index (κ1) is 16.0. The second kappa shape index (κ2) is 6.73. The van der Waals surface area contributed by atoms with Crippen LogP contribution in [0, 0.1) is 0 Å². The van der Waals surface area contributed by atoms with Gasteiger partial charge >= 0.3 is 0 Å². The number of benzene rings is 1. The normalized spacial score (nSPS) is 31.2. The van der Waals surface area contributed by atoms with Gasteiger partial charge in [-0.2, -0.15) is 0 Å². The fourth-order valence-corrected chi connectivity index (χ4v) is 2.62. The number of nitrogens with zero attached hydrogens (tertiary/aromatic N) is 3. The van der Waals surface area contributed by atoms with Crippen LogP contribution in [0.4, 0.5) is 0 Å². The largest absolute Gasteiger partial charge is 0.394 e. The summed E-state index contributed by atoms with van der Waals surface area (Å²) in [6.07, 6.45) is -4.02. The molecule has 2 aromatic rings. The Morgan fingerprint density at radius 1 is 1.04 bits per heavy atom. The van der Waals surface area contributed by atoms with E-state index in [0.29, 0.717) is 12.1 Å². The summed E-state index contributed by atoms with van der Waals surface area (Å²) in [5.41, 5.74) is 1.74. The fourth-order valence-electron chi connectivity index (χ4n) is 2.62. The van der Waals surface area contributed by atoms with Gasteiger partial charge < -0.3 is 25.2 Å². The van der Waals surface area contributed by atoms with Crippen molar-refractivity contribution < 1.29 is 25.2 Å². The number of hydrogen-bond donors (Lipinski definition) is 4. The van der Waals surface area contributed by atoms with Crippen molar-refractivity contribution in [1.29, 1.82) is 0 Å². The summed E-state index contributed by atoms with van der Waals surface area (Å²) in [6, 6.07) is 9.71. The Labute approximate surface area is 132 Å². The van der Waals surface area contributed by atoms with Crippen LogP contribution in [0.5, 0.6) is 0 Å². The molecule has 0 unspecified atom stereocenters. The van der Waals surface area contributed by atoms with Crippen molar-refractivity contribution in [1.82, 2.24) is 15.0 Å². The summed E-state index contributed by atoms with van der Waals surface area (Å²) < 4.78 is 6.72. The number of aliphatic hydroxyl groups is 4. The molecule has 2 heterocycles. The maximum atomic E-state index is 10.1. The molecule has 8 nitrogen and oxygen atoms in total. The van der Waals surface area contributed by atoms with Crippen LogP contribution < -0.4 is 0 Å². The van der Waals surface area contributed by atoms with Crippen molar-refractivity contribution in [3.63, 3.8) is 0 Å². The van der Waals surface area contributed by atoms with Crippen LogP contribution in [0.2, 0.25) is 0 Å². The third-order valence-corrected chi connectivity index (χ3v) is 3.91. The molecule has 1 fully saturated rings. The second-order valence-electron chi connectivity index (χ2n) is 5.57. The lowest BCUT2D eigenvalue weighted by molar-refractivity contribution is -0.254. The second-order valence-corrected chi connectivity index (χ2v) is 5.57. The van der Waals surface area contributed by atoms with Crippen LogP contribution in [0.1, 0.15) is 17.5 Å². The predicted molar refractivity (Wildman–Crippen MR) is 78.3 cm³/mol. The molecule has 8 heteroatoms. The molecule has 3 rings (SSSR count). The number of rotatable bonds is 4. The molecule has 5 atom stereocenters. The lowest BCUT2D eigenvalue weighted by Gasteiger charge is -2.39. The van der Waals surface area contributed by atoms with Crippen molar-refractivity contribution in [2.24, 2.45) is 0 Å². The minimum absolute atomic E-state index is 0.479. The Morgan fingerprint density at radius 2 is 1.78 bits per heavy atom. The zero-order valence-corrected chi connectivity index (χ0v) is 12.3. The molecule has 1 aliphatic rings. The van der Waals surface area contributed by atoms with Crippen molar-refractivity contribution in [2.45, 2.75) is 37.1 Å². The molecule has 1 aromatic heterocycles. The highest BCUT2D eigenvalue weighted by Crippen LogP contribution is 2.27. The zero-order valence-electron chi connectivity index (χ0n) is 12.3. The molecular formula is C15H19N3O5. The van der Waals surface area contributed by atoms with Crippen molar-refractivity contribution in [3.8, 4) is 0 Å². The first-order chi connectivity index (χ1) is 11.1. The standard InChI is InChI=1S/C15H19N3O5/c19-8-11-12(20)13(21)14(22)15(23-11)18-7-10(16-17-18)6-9-4-2-1-3-5-9/h1-5,7,11-15,19-22H,6,8H2/t11-,12+,13+,14-,15-/m1/s1. The van der Waals surface area contributed by atoms with Crippen LogP contribution >= 0.6 is 0 Å². The third kappa shape index (κ3) is 3.26. The van der Waals surface area contributed by atoms with Gasteiger partial charge in [0, 0.05) is 6.42 Å². The Kier molecular flexibility index (Phi) is 4.69. The molecule has 1 aromatic carbocycles. The summed E-state index contributed by atoms with van der Waals surface area (Å²) in [6.45, 7) is -0.479. The monoisotopic (exact) mass is 321 g/mol. The van der Waals surface area contributed by atoms with E-state index in [2.05, 4.69) is 10.3 Å². The Hall–Kier alpha value is -1.84. The van der Waals surface area contributed by atoms with Gasteiger partial charge in [0.2, 0.25) is 0 Å². The van der Waals surface area contributed by atoms with Gasteiger partial charge in [0.15, 0.2) is 6.23 Å². The minimum Gasteiger partial charge on any atom is -0.394 e. The maximum absolute atomic E-state index is 10.1. The highest BCUT2D eigenvalue weighted by molar-refractivity contribution is 5.19. The fraction of sp³-hybridized carbons (Fsp3) is 0.467. The first-order valence-corrected chi connectivity index (χ1v) is 7.35. The number of hydrogen-bond acceptors (Lipinski definition) is 7. The summed E-state index contributed by atoms with van der Waals surface area (Å²) in [7, 11) is 0. The van der Waals surface area contributed by atoms with Crippen LogP contribution in [0.25, 0.3) is 0 Å². The van der Waals surface area contributed by atoms with Crippen molar-refractivity contribution in [3.05, 3.63) is 47.8 Å². The first-order valence-electron chi connectivity index (χ1n) is 7.35. The van der Waals surface area contributed by atoms with Gasteiger partial charge in [0.05, 0.1) is 18.5 Å². The van der Waals surface area contributed by atoms with Gasteiger partial charge in [-0.25, -0.2) is 4.68 Å². The van der Waals surface area contributed by atoms with E-state index in [1.165, 1.54) is 4.68 Å². The lowest BCUT2D eigenvalue weighted by Crippen LogP contribution is -2.56. The predicted octanol–water partition coefficient (Wildman–Crippen LogP) is -1.16. The van der Waals surface area contributed by atoms with Gasteiger partial charge in [0.1, 0.15) is 24.4 Å². The van der Waals surface area contributed by atoms with E-state index in [9.17, 15) is 20.4 Å². The zero-order chi connectivity index (χ0) is 16.4. The summed E-state index contributed by atoms with van der Waals surface area (Å²) in [5.74, 6) is 0. The van der Waals surface area contributed by atoms with Crippen LogP contribution in [0.15, 0.2) is 36.5 Å². The molecule has 0 bridgehead atoms. The van der Waals surface area contributed by atoms with E-state index in [1.807, 2.05) is 30.3 Å². The van der Waals surface area contributed by atoms with Gasteiger partial charge in [-0.3, -0.25) is 0 Å². The van der Waals surface area contributed by atoms with E-state index >= 15 is 0 Å². The molecular weight excluding hydrogens is 302 g/mol. The Morgan fingerprint density at radius 3 is 2.48 bits per heavy atom. The van der Waals surface area contributed by atoms with E-state index < -0.39 is 37.3 Å². The smallest absolute Gasteiger partial charge is 0.180 e. The summed E-state index contributed by atoms with van der Waals surface area (Å²) in [4.78, 5) is 0. The molecule has 0 aliphatic carbocycles. The van der Waals surface area contributed by atoms with Crippen LogP contribution in [0.3, 0.4) is 0 Å². The molecule has 1 aliphatic heterocycles. The topological polar surface area (TPSA) is 121 Å². The molecule has 124 valence electrons. The molecule has 0 amide bonds. The average Bonchev–Trinajstić information content (AvgIpc) is 3.02. The van der Waals surface area contributed by atoms with Gasteiger partial charge in [-0.1, -0.05) is 35.5 Å². The lowest BCUT2D eigenvalue weighted by atomic mass is 9.98. The summed E-state index contributed by atoms with van der Waals surface area (Å²) >= 11 is 0. The van der Waals surface area contributed by atoms with E-state index in [0.717, 1.165) is 5.56 Å². The summed E-state index contributed by atoms with van der Waals surface area (Å²) in [5, 5.41) is 46.8. The molecule has 0 radical (unpaired) electrons. The van der Waals surface area contributed by atoms with Gasteiger partial charge in [-0.05, 0) is 5.56 Å². The molecule has 0 saturated carbocycles. The van der Waals surface area contributed by atoms with E-state index in [1.54, 1.807) is 6.20 Å². The molecule has 23 heavy (non-hydrogen) atoms. The molecule has 1 saturated heterocycles. The SMILES string of the molecule is OC[C@H]1O[C@@H](n2cc(Cc3ccccc3)nn2)[C@H](O)[C@@H](O)[C@H]1O. The molecule has 4 N–H and O–H groups in total. The molecule has 0 spiro atoms. The Bertz CT molecular complexity index is 633. The highest BCUT2D eigenvalue weighted by atomic mass is 16.6. The van der Waals surface area contributed by atoms with E-state index in [-0.39, 0.29) is 0 Å². The van der Waals surface area contributed by atoms with Crippen LogP contribution in [-0.2, 0) is 11.2 Å². The number of aliphatic hydroxyl groups excluding tert-OH is 4. The number of ether oxygens (including phenoxy) is 1. The van der Waals surface area contributed by atoms with Crippen molar-refractivity contribution in [2.75, 3.05) is 6.61 Å². The third-order valence-electron chi connectivity index (χ3n) is 3.91. The quantitative estimate of drug-likeness (QED) is 0.560. The van der Waals surface area contributed by atoms with Gasteiger partial charge in [-0.15, -0.1) is 5.10 Å². The van der Waals surface area contributed by atoms with Gasteiger partial charge in [0.25, 0.3) is 0 Å². The minimum atomic E-state index is -1.44. The van der Waals surface area contributed by atoms with Crippen molar-refractivity contribution >= 4 is 0 Å².